The average Bonchev–Trinajstić information content (AvgIpc) is 2.82. The molecule has 0 aromatic heterocycles. The molecule has 0 aliphatic carbocycles. The number of methoxy groups -OCH3 is 1. The number of carbonyl (C=O) groups excluding carboxylic acids is 1. The van der Waals surface area contributed by atoms with Crippen LogP contribution in [0.15, 0.2) is 47.4 Å². The van der Waals surface area contributed by atoms with Crippen molar-refractivity contribution in [2.75, 3.05) is 39.8 Å². The van der Waals surface area contributed by atoms with Gasteiger partial charge < -0.3 is 10.1 Å². The summed E-state index contributed by atoms with van der Waals surface area (Å²) in [6.45, 7) is 9.79. The third-order valence-corrected chi connectivity index (χ3v) is 7.76. The highest BCUT2D eigenvalue weighted by molar-refractivity contribution is 7.89. The van der Waals surface area contributed by atoms with Crippen molar-refractivity contribution in [3.63, 3.8) is 0 Å². The maximum atomic E-state index is 14.5. The van der Waals surface area contributed by atoms with Gasteiger partial charge in [0.25, 0.3) is 5.91 Å². The lowest BCUT2D eigenvalue weighted by Gasteiger charge is -2.30. The fourth-order valence-electron chi connectivity index (χ4n) is 3.81. The first kappa shape index (κ1) is 26.8. The van der Waals surface area contributed by atoms with E-state index < -0.39 is 21.7 Å². The summed E-state index contributed by atoms with van der Waals surface area (Å²) in [6.07, 6.45) is 0. The van der Waals surface area contributed by atoms with E-state index in [1.54, 1.807) is 21.0 Å². The summed E-state index contributed by atoms with van der Waals surface area (Å²) in [7, 11) is -2.22. The van der Waals surface area contributed by atoms with Crippen LogP contribution in [0.3, 0.4) is 0 Å². The number of halogens is 1. The summed E-state index contributed by atoms with van der Waals surface area (Å²) >= 11 is 0. The quantitative estimate of drug-likeness (QED) is 0.503. The van der Waals surface area contributed by atoms with Crippen LogP contribution >= 0.6 is 0 Å². The summed E-state index contributed by atoms with van der Waals surface area (Å²) in [5.74, 6) is -0.729. The molecule has 0 fully saturated rings. The number of benzene rings is 2. The minimum atomic E-state index is -3.81. The number of sulfonamides is 1. The Balaban J connectivity index is 2.31. The standard InChI is InChI=1S/C24H34FN3O4S/c1-6-27(7-2)23(18-11-10-12-19(15-18)32-5)17-26-24(29)21-16-20(13-14-22(21)25)33(30,31)28(8-3)9-4/h10-16,23H,6-9,17H2,1-5H3,(H,26,29). The van der Waals surface area contributed by atoms with Crippen LogP contribution in [-0.2, 0) is 10.0 Å². The van der Waals surface area contributed by atoms with E-state index in [1.165, 1.54) is 10.4 Å². The molecular weight excluding hydrogens is 445 g/mol. The lowest BCUT2D eigenvalue weighted by atomic mass is 10.0. The summed E-state index contributed by atoms with van der Waals surface area (Å²) in [5.41, 5.74) is 0.656. The molecule has 0 saturated carbocycles. The fourth-order valence-corrected chi connectivity index (χ4v) is 5.29. The van der Waals surface area contributed by atoms with Crippen LogP contribution in [0.4, 0.5) is 4.39 Å². The molecule has 1 N–H and O–H groups in total. The van der Waals surface area contributed by atoms with Crippen LogP contribution in [0.5, 0.6) is 5.75 Å². The number of likely N-dealkylation sites (N-methyl/N-ethyl adjacent to an activating group) is 1. The third kappa shape index (κ3) is 6.31. The van der Waals surface area contributed by atoms with Crippen molar-refractivity contribution < 1.29 is 22.3 Å². The van der Waals surface area contributed by atoms with E-state index in [0.29, 0.717) is 5.75 Å². The largest absolute Gasteiger partial charge is 0.497 e. The SMILES string of the molecule is CCN(CC)C(CNC(=O)c1cc(S(=O)(=O)N(CC)CC)ccc1F)c1cccc(OC)c1. The summed E-state index contributed by atoms with van der Waals surface area (Å²) in [6, 6.07) is 10.7. The second-order valence-electron chi connectivity index (χ2n) is 7.45. The van der Waals surface area contributed by atoms with Gasteiger partial charge in [0.2, 0.25) is 10.0 Å². The predicted octanol–water partition coefficient (Wildman–Crippen LogP) is 3.68. The highest BCUT2D eigenvalue weighted by atomic mass is 32.2. The first-order valence-electron chi connectivity index (χ1n) is 11.2. The molecule has 2 rings (SSSR count). The number of ether oxygens (including phenoxy) is 1. The third-order valence-electron chi connectivity index (χ3n) is 5.71. The second kappa shape index (κ2) is 12.1. The normalized spacial score (nSPS) is 12.7. The van der Waals surface area contributed by atoms with Crippen LogP contribution in [0.1, 0.15) is 49.7 Å². The molecule has 0 spiro atoms. The molecule has 0 radical (unpaired) electrons. The zero-order chi connectivity index (χ0) is 24.6. The monoisotopic (exact) mass is 479 g/mol. The number of nitrogens with one attached hydrogen (secondary N) is 1. The van der Waals surface area contributed by atoms with E-state index in [9.17, 15) is 17.6 Å². The topological polar surface area (TPSA) is 79.0 Å². The van der Waals surface area contributed by atoms with Crippen LogP contribution in [0, 0.1) is 5.82 Å². The number of carbonyl (C=O) groups is 1. The Morgan fingerprint density at radius 1 is 1.03 bits per heavy atom. The van der Waals surface area contributed by atoms with Crippen molar-refractivity contribution in [3.05, 3.63) is 59.4 Å². The van der Waals surface area contributed by atoms with Gasteiger partial charge in [0.05, 0.1) is 23.6 Å². The van der Waals surface area contributed by atoms with Crippen molar-refractivity contribution in [1.29, 1.82) is 0 Å². The summed E-state index contributed by atoms with van der Waals surface area (Å²) in [4.78, 5) is 15.0. The van der Waals surface area contributed by atoms with Crippen LogP contribution < -0.4 is 10.1 Å². The first-order valence-corrected chi connectivity index (χ1v) is 12.6. The van der Waals surface area contributed by atoms with Gasteiger partial charge in [-0.1, -0.05) is 39.8 Å². The number of amides is 1. The Kier molecular flexibility index (Phi) is 9.82. The molecule has 0 bridgehead atoms. The lowest BCUT2D eigenvalue weighted by molar-refractivity contribution is 0.0930. The zero-order valence-electron chi connectivity index (χ0n) is 20.0. The van der Waals surface area contributed by atoms with Crippen molar-refractivity contribution in [2.24, 2.45) is 0 Å². The van der Waals surface area contributed by atoms with Gasteiger partial charge in [-0.05, 0) is 49.0 Å². The van der Waals surface area contributed by atoms with E-state index in [-0.39, 0.29) is 36.1 Å². The Hall–Kier alpha value is -2.49. The van der Waals surface area contributed by atoms with E-state index >= 15 is 0 Å². The average molecular weight is 480 g/mol. The van der Waals surface area contributed by atoms with Crippen molar-refractivity contribution in [2.45, 2.75) is 38.6 Å². The smallest absolute Gasteiger partial charge is 0.254 e. The molecule has 1 unspecified atom stereocenters. The number of rotatable bonds is 12. The molecule has 33 heavy (non-hydrogen) atoms. The number of hydrogen-bond acceptors (Lipinski definition) is 5. The van der Waals surface area contributed by atoms with E-state index in [0.717, 1.165) is 30.8 Å². The number of hydrogen-bond donors (Lipinski definition) is 1. The first-order chi connectivity index (χ1) is 15.7. The van der Waals surface area contributed by atoms with Crippen molar-refractivity contribution in [3.8, 4) is 5.75 Å². The van der Waals surface area contributed by atoms with E-state index in [4.69, 9.17) is 4.74 Å². The highest BCUT2D eigenvalue weighted by Gasteiger charge is 2.25. The van der Waals surface area contributed by atoms with Gasteiger partial charge in [0, 0.05) is 19.6 Å². The molecular formula is C24H34FN3O4S. The molecule has 9 heteroatoms. The molecule has 2 aromatic rings. The summed E-state index contributed by atoms with van der Waals surface area (Å²) in [5, 5.41) is 2.79. The van der Waals surface area contributed by atoms with Crippen molar-refractivity contribution >= 4 is 15.9 Å². The van der Waals surface area contributed by atoms with Crippen LogP contribution in [0.25, 0.3) is 0 Å². The minimum Gasteiger partial charge on any atom is -0.497 e. The summed E-state index contributed by atoms with van der Waals surface area (Å²) < 4.78 is 46.7. The van der Waals surface area contributed by atoms with Gasteiger partial charge in [-0.15, -0.1) is 0 Å². The van der Waals surface area contributed by atoms with Crippen LogP contribution in [-0.4, -0.2) is 63.4 Å². The van der Waals surface area contributed by atoms with Crippen molar-refractivity contribution in [1.82, 2.24) is 14.5 Å². The molecule has 0 aliphatic heterocycles. The van der Waals surface area contributed by atoms with Gasteiger partial charge in [-0.3, -0.25) is 9.69 Å². The van der Waals surface area contributed by atoms with E-state index in [2.05, 4.69) is 10.2 Å². The highest BCUT2D eigenvalue weighted by Crippen LogP contribution is 2.24. The molecule has 7 nitrogen and oxygen atoms in total. The number of nitrogens with zero attached hydrogens (tertiary/aromatic N) is 2. The Morgan fingerprint density at radius 3 is 2.27 bits per heavy atom. The van der Waals surface area contributed by atoms with Gasteiger partial charge >= 0.3 is 0 Å². The molecule has 1 atom stereocenters. The molecule has 0 saturated heterocycles. The lowest BCUT2D eigenvalue weighted by Crippen LogP contribution is -2.38. The maximum Gasteiger partial charge on any atom is 0.254 e. The fraction of sp³-hybridized carbons (Fsp3) is 0.458. The molecule has 0 heterocycles. The second-order valence-corrected chi connectivity index (χ2v) is 9.39. The Bertz CT molecular complexity index is 1040. The Morgan fingerprint density at radius 2 is 1.70 bits per heavy atom. The molecule has 2 aromatic carbocycles. The van der Waals surface area contributed by atoms with E-state index in [1.807, 2.05) is 38.1 Å². The van der Waals surface area contributed by atoms with Gasteiger partial charge in [-0.2, -0.15) is 4.31 Å². The molecule has 1 amide bonds. The Labute approximate surface area is 196 Å². The van der Waals surface area contributed by atoms with Crippen LogP contribution in [0.2, 0.25) is 0 Å². The van der Waals surface area contributed by atoms with Gasteiger partial charge in [0.15, 0.2) is 0 Å². The molecule has 182 valence electrons. The molecule has 0 aliphatic rings. The zero-order valence-corrected chi connectivity index (χ0v) is 20.8. The van der Waals surface area contributed by atoms with Gasteiger partial charge in [-0.25, -0.2) is 12.8 Å². The maximum absolute atomic E-state index is 14.5. The predicted molar refractivity (Wildman–Crippen MR) is 127 cm³/mol. The minimum absolute atomic E-state index is 0.106. The van der Waals surface area contributed by atoms with Gasteiger partial charge in [0.1, 0.15) is 11.6 Å².